The molecule has 3 N–H and O–H groups in total. The van der Waals surface area contributed by atoms with Gasteiger partial charge in [-0.05, 0) is 18.3 Å². The number of nitrogens with one attached hydrogen (secondary N) is 1. The molecule has 0 atom stereocenters. The smallest absolute Gasteiger partial charge is 0.296 e. The molecular formula is C25H44N2O. The van der Waals surface area contributed by atoms with E-state index >= 15 is 0 Å². The number of hydrogen-bond acceptors (Lipinski definition) is 2. The average molecular weight is 389 g/mol. The number of rotatable bonds is 18. The fraction of sp³-hybridized carbons (Fsp3) is 0.800. The molecule has 0 aliphatic rings. The van der Waals surface area contributed by atoms with E-state index in [2.05, 4.69) is 35.9 Å². The van der Waals surface area contributed by atoms with E-state index in [1.807, 2.05) is 0 Å². The van der Waals surface area contributed by atoms with Crippen molar-refractivity contribution in [2.75, 3.05) is 13.1 Å². The Morgan fingerprint density at radius 3 is 1.64 bits per heavy atom. The first-order valence-electron chi connectivity index (χ1n) is 11.8. The minimum absolute atomic E-state index is 0.304. The van der Waals surface area contributed by atoms with Gasteiger partial charge in [0.25, 0.3) is 5.91 Å². The molecule has 0 aromatic rings. The molecule has 0 radical (unpaired) electrons. The lowest BCUT2D eigenvalue weighted by Gasteiger charge is -2.03. The van der Waals surface area contributed by atoms with Crippen LogP contribution in [0.25, 0.3) is 0 Å². The van der Waals surface area contributed by atoms with Crippen molar-refractivity contribution in [2.24, 2.45) is 5.73 Å². The minimum atomic E-state index is -0.304. The molecule has 0 unspecified atom stereocenters. The van der Waals surface area contributed by atoms with Crippen LogP contribution < -0.4 is 11.1 Å². The summed E-state index contributed by atoms with van der Waals surface area (Å²) in [6.07, 6.45) is 22.9. The van der Waals surface area contributed by atoms with E-state index in [-0.39, 0.29) is 5.91 Å². The van der Waals surface area contributed by atoms with E-state index in [0.29, 0.717) is 13.1 Å². The molecule has 3 nitrogen and oxygen atoms in total. The van der Waals surface area contributed by atoms with Crippen LogP contribution in [0.4, 0.5) is 0 Å². The van der Waals surface area contributed by atoms with Gasteiger partial charge in [0.05, 0.1) is 0 Å². The van der Waals surface area contributed by atoms with Gasteiger partial charge in [0.15, 0.2) is 0 Å². The van der Waals surface area contributed by atoms with Crippen molar-refractivity contribution in [2.45, 2.75) is 116 Å². The zero-order chi connectivity index (χ0) is 20.5. The molecule has 3 heteroatoms. The van der Waals surface area contributed by atoms with Crippen molar-refractivity contribution in [3.05, 3.63) is 0 Å². The third-order valence-corrected chi connectivity index (χ3v) is 4.91. The van der Waals surface area contributed by atoms with E-state index in [1.54, 1.807) is 0 Å². The van der Waals surface area contributed by atoms with Gasteiger partial charge in [0, 0.05) is 25.4 Å². The number of carbonyl (C=O) groups excluding carboxylic acids is 1. The molecule has 0 rings (SSSR count). The maximum Gasteiger partial charge on any atom is 0.296 e. The first-order chi connectivity index (χ1) is 13.8. The lowest BCUT2D eigenvalue weighted by Crippen LogP contribution is -2.27. The summed E-state index contributed by atoms with van der Waals surface area (Å²) in [6, 6.07) is 0. The molecule has 0 spiro atoms. The summed E-state index contributed by atoms with van der Waals surface area (Å²) in [5.74, 6) is 10.5. The van der Waals surface area contributed by atoms with Crippen LogP contribution in [0.1, 0.15) is 116 Å². The second-order valence-electron chi connectivity index (χ2n) is 7.65. The van der Waals surface area contributed by atoms with E-state index < -0.39 is 0 Å². The van der Waals surface area contributed by atoms with Crippen LogP contribution in [-0.2, 0) is 4.79 Å². The summed E-state index contributed by atoms with van der Waals surface area (Å²) in [5.41, 5.74) is 5.29. The molecule has 0 aromatic heterocycles. The summed E-state index contributed by atoms with van der Waals surface area (Å²) < 4.78 is 0. The maximum absolute atomic E-state index is 11.2. The molecule has 0 bridgehead atoms. The van der Waals surface area contributed by atoms with E-state index in [0.717, 1.165) is 12.8 Å². The Hall–Kier alpha value is -1.45. The van der Waals surface area contributed by atoms with E-state index in [1.165, 1.54) is 96.3 Å². The SMILES string of the molecule is CCCCCCCCCCCCCCCCCCC#CC#CC(=O)NCCN. The quantitative estimate of drug-likeness (QED) is 0.233. The largest absolute Gasteiger partial charge is 0.344 e. The van der Waals surface area contributed by atoms with Crippen LogP contribution >= 0.6 is 0 Å². The summed E-state index contributed by atoms with van der Waals surface area (Å²) in [4.78, 5) is 11.2. The van der Waals surface area contributed by atoms with Crippen molar-refractivity contribution < 1.29 is 4.79 Å². The predicted molar refractivity (Wildman–Crippen MR) is 122 cm³/mol. The Bertz CT molecular complexity index is 464. The molecule has 0 aromatic carbocycles. The molecule has 28 heavy (non-hydrogen) atoms. The summed E-state index contributed by atoms with van der Waals surface area (Å²) >= 11 is 0. The van der Waals surface area contributed by atoms with Crippen LogP contribution in [0, 0.1) is 23.7 Å². The maximum atomic E-state index is 11.2. The van der Waals surface area contributed by atoms with Gasteiger partial charge in [-0.2, -0.15) is 0 Å². The van der Waals surface area contributed by atoms with Crippen molar-refractivity contribution in [3.63, 3.8) is 0 Å². The lowest BCUT2D eigenvalue weighted by molar-refractivity contribution is -0.115. The zero-order valence-electron chi connectivity index (χ0n) is 18.4. The number of nitrogens with two attached hydrogens (primary N) is 1. The van der Waals surface area contributed by atoms with Crippen LogP contribution in [0.15, 0.2) is 0 Å². The number of amides is 1. The van der Waals surface area contributed by atoms with Gasteiger partial charge < -0.3 is 11.1 Å². The highest BCUT2D eigenvalue weighted by Crippen LogP contribution is 2.13. The third kappa shape index (κ3) is 22.6. The molecule has 0 saturated carbocycles. The van der Waals surface area contributed by atoms with Crippen molar-refractivity contribution in [3.8, 4) is 23.7 Å². The summed E-state index contributed by atoms with van der Waals surface area (Å²) in [6.45, 7) is 3.17. The molecule has 0 saturated heterocycles. The Kier molecular flexibility index (Phi) is 22.4. The van der Waals surface area contributed by atoms with Gasteiger partial charge in [0.1, 0.15) is 0 Å². The second-order valence-corrected chi connectivity index (χ2v) is 7.65. The highest BCUT2D eigenvalue weighted by atomic mass is 16.1. The number of carbonyl (C=O) groups is 1. The van der Waals surface area contributed by atoms with Crippen molar-refractivity contribution >= 4 is 5.91 Å². The third-order valence-electron chi connectivity index (χ3n) is 4.91. The molecule has 0 fully saturated rings. The van der Waals surface area contributed by atoms with Crippen molar-refractivity contribution in [1.82, 2.24) is 5.32 Å². The predicted octanol–water partition coefficient (Wildman–Crippen LogP) is 5.72. The van der Waals surface area contributed by atoms with Crippen molar-refractivity contribution in [1.29, 1.82) is 0 Å². The van der Waals surface area contributed by atoms with Gasteiger partial charge in [0.2, 0.25) is 0 Å². The van der Waals surface area contributed by atoms with Gasteiger partial charge in [-0.3, -0.25) is 4.79 Å². The summed E-state index contributed by atoms with van der Waals surface area (Å²) in [7, 11) is 0. The fourth-order valence-corrected chi connectivity index (χ4v) is 3.19. The standard InChI is InChI=1S/C25H44N2O/c1-2-3-4-5-6-7-8-9-10-11-12-13-14-15-16-17-18-19-20-21-22-25(28)27-24-23-26/h2-18,23-24,26H2,1H3,(H,27,28). The number of unbranched alkanes of at least 4 members (excludes halogenated alkanes) is 16. The Labute approximate surface area is 175 Å². The van der Waals surface area contributed by atoms with E-state index in [4.69, 9.17) is 5.73 Å². The van der Waals surface area contributed by atoms with E-state index in [9.17, 15) is 4.79 Å². The normalized spacial score (nSPS) is 9.93. The molecule has 0 aliphatic carbocycles. The molecule has 0 heterocycles. The van der Waals surface area contributed by atoms with Gasteiger partial charge in [-0.15, -0.1) is 0 Å². The van der Waals surface area contributed by atoms with Crippen LogP contribution in [-0.4, -0.2) is 19.0 Å². The average Bonchev–Trinajstić information content (AvgIpc) is 2.70. The lowest BCUT2D eigenvalue weighted by atomic mass is 10.0. The van der Waals surface area contributed by atoms with Crippen LogP contribution in [0.3, 0.4) is 0 Å². The fourth-order valence-electron chi connectivity index (χ4n) is 3.19. The first kappa shape index (κ1) is 26.6. The van der Waals surface area contributed by atoms with Crippen LogP contribution in [0.2, 0.25) is 0 Å². The first-order valence-corrected chi connectivity index (χ1v) is 11.8. The highest BCUT2D eigenvalue weighted by molar-refractivity contribution is 5.93. The zero-order valence-corrected chi connectivity index (χ0v) is 18.4. The molecular weight excluding hydrogens is 344 g/mol. The summed E-state index contributed by atoms with van der Waals surface area (Å²) in [5, 5.41) is 2.59. The molecule has 0 aliphatic heterocycles. The monoisotopic (exact) mass is 388 g/mol. The Morgan fingerprint density at radius 2 is 1.18 bits per heavy atom. The van der Waals surface area contributed by atoms with Gasteiger partial charge >= 0.3 is 0 Å². The molecule has 160 valence electrons. The Morgan fingerprint density at radius 1 is 0.714 bits per heavy atom. The highest BCUT2D eigenvalue weighted by Gasteiger charge is 1.94. The minimum Gasteiger partial charge on any atom is -0.344 e. The number of hydrogen-bond donors (Lipinski definition) is 2. The molecule has 1 amide bonds. The Balaban J connectivity index is 3.23. The second kappa shape index (κ2) is 23.6. The topological polar surface area (TPSA) is 55.1 Å². The van der Waals surface area contributed by atoms with Gasteiger partial charge in [-0.1, -0.05) is 109 Å². The van der Waals surface area contributed by atoms with Gasteiger partial charge in [-0.25, -0.2) is 0 Å². The van der Waals surface area contributed by atoms with Crippen LogP contribution in [0.5, 0.6) is 0 Å².